The van der Waals surface area contributed by atoms with Gasteiger partial charge < -0.3 is 10.1 Å². The number of benzene rings is 1. The van der Waals surface area contributed by atoms with Crippen molar-refractivity contribution in [2.75, 3.05) is 13.2 Å². The number of ether oxygens (including phenoxy) is 1. The second-order valence-electron chi connectivity index (χ2n) is 4.42. The van der Waals surface area contributed by atoms with Crippen molar-refractivity contribution >= 4 is 29.3 Å². The molecule has 1 amide bonds. The molecule has 106 valence electrons. The van der Waals surface area contributed by atoms with Gasteiger partial charge in [-0.15, -0.1) is 0 Å². The Balaban J connectivity index is 2.28. The van der Waals surface area contributed by atoms with Crippen LogP contribution in [0.4, 0.5) is 0 Å². The predicted molar refractivity (Wildman–Crippen MR) is 83.3 cm³/mol. The van der Waals surface area contributed by atoms with Gasteiger partial charge in [0.2, 0.25) is 0 Å². The average Bonchev–Trinajstić information content (AvgIpc) is 2.69. The summed E-state index contributed by atoms with van der Waals surface area (Å²) < 4.78 is 5.55. The molecule has 0 spiro atoms. The lowest BCUT2D eigenvalue weighted by atomic mass is 10.1. The summed E-state index contributed by atoms with van der Waals surface area (Å²) in [6, 6.07) is 7.62. The Morgan fingerprint density at radius 2 is 2.10 bits per heavy atom. The van der Waals surface area contributed by atoms with Crippen molar-refractivity contribution in [3.8, 4) is 5.75 Å². The molecule has 0 unspecified atom stereocenters. The number of carbonyl (C=O) groups excluding carboxylic acids is 1. The maximum absolute atomic E-state index is 12.2. The van der Waals surface area contributed by atoms with Crippen molar-refractivity contribution in [1.29, 1.82) is 0 Å². The van der Waals surface area contributed by atoms with Crippen LogP contribution in [0.3, 0.4) is 0 Å². The lowest BCUT2D eigenvalue weighted by Gasteiger charge is -2.11. The van der Waals surface area contributed by atoms with Gasteiger partial charge in [-0.05, 0) is 37.7 Å². The number of nitrogens with one attached hydrogen (secondary N) is 1. The van der Waals surface area contributed by atoms with Gasteiger partial charge in [0, 0.05) is 12.1 Å². The van der Waals surface area contributed by atoms with E-state index in [0.29, 0.717) is 24.0 Å². The summed E-state index contributed by atoms with van der Waals surface area (Å²) in [4.78, 5) is 13.8. The highest BCUT2D eigenvalue weighted by Gasteiger charge is 2.29. The summed E-state index contributed by atoms with van der Waals surface area (Å²) in [6.07, 6.45) is 2.66. The number of hydrogen-bond acceptors (Lipinski definition) is 3. The van der Waals surface area contributed by atoms with E-state index in [-0.39, 0.29) is 5.91 Å². The van der Waals surface area contributed by atoms with Gasteiger partial charge >= 0.3 is 0 Å². The zero-order valence-corrected chi connectivity index (χ0v) is 12.5. The van der Waals surface area contributed by atoms with Crippen LogP contribution < -0.4 is 10.1 Å². The van der Waals surface area contributed by atoms with E-state index in [2.05, 4.69) is 5.32 Å². The van der Waals surface area contributed by atoms with Crippen molar-refractivity contribution in [2.24, 2.45) is 0 Å². The first kappa shape index (κ1) is 14.5. The maximum Gasteiger partial charge on any atom is 0.276 e. The highest BCUT2D eigenvalue weighted by Crippen LogP contribution is 2.22. The molecule has 1 aromatic rings. The Kier molecular flexibility index (Phi) is 4.74. The first-order valence-electron chi connectivity index (χ1n) is 6.73. The fourth-order valence-corrected chi connectivity index (χ4v) is 2.32. The highest BCUT2D eigenvalue weighted by atomic mass is 32.1. The smallest absolute Gasteiger partial charge is 0.276 e. The molecule has 1 aliphatic heterocycles. The fourth-order valence-electron chi connectivity index (χ4n) is 2.04. The quantitative estimate of drug-likeness (QED) is 0.668. The predicted octanol–water partition coefficient (Wildman–Crippen LogP) is 2.55. The Hall–Kier alpha value is -1.88. The lowest BCUT2D eigenvalue weighted by molar-refractivity contribution is -0.122. The Bertz CT molecular complexity index is 555. The molecule has 4 nitrogen and oxygen atoms in total. The number of amides is 1. The van der Waals surface area contributed by atoms with Crippen molar-refractivity contribution in [1.82, 2.24) is 10.2 Å². The molecule has 1 aromatic carbocycles. The van der Waals surface area contributed by atoms with Crippen LogP contribution in [-0.4, -0.2) is 29.1 Å². The number of para-hydroxylation sites is 1. The first-order chi connectivity index (χ1) is 9.67. The molecule has 1 fully saturated rings. The molecule has 0 saturated carbocycles. The van der Waals surface area contributed by atoms with Crippen LogP contribution in [-0.2, 0) is 4.79 Å². The van der Waals surface area contributed by atoms with E-state index in [9.17, 15) is 4.79 Å². The largest absolute Gasteiger partial charge is 0.493 e. The molecule has 5 heteroatoms. The number of rotatable bonds is 5. The Morgan fingerprint density at radius 1 is 1.35 bits per heavy atom. The van der Waals surface area contributed by atoms with E-state index in [4.69, 9.17) is 17.0 Å². The van der Waals surface area contributed by atoms with E-state index in [1.165, 1.54) is 0 Å². The van der Waals surface area contributed by atoms with E-state index < -0.39 is 0 Å². The molecule has 1 saturated heterocycles. The van der Waals surface area contributed by atoms with Crippen molar-refractivity contribution in [3.05, 3.63) is 35.5 Å². The third-order valence-corrected chi connectivity index (χ3v) is 3.25. The molecule has 0 radical (unpaired) electrons. The summed E-state index contributed by atoms with van der Waals surface area (Å²) in [5, 5.41) is 3.44. The second kappa shape index (κ2) is 6.52. The second-order valence-corrected chi connectivity index (χ2v) is 4.80. The molecule has 20 heavy (non-hydrogen) atoms. The normalized spacial score (nSPS) is 16.7. The zero-order chi connectivity index (χ0) is 14.5. The Labute approximate surface area is 124 Å². The van der Waals surface area contributed by atoms with Gasteiger partial charge in [0.25, 0.3) is 5.91 Å². The zero-order valence-electron chi connectivity index (χ0n) is 11.7. The fraction of sp³-hybridized carbons (Fsp3) is 0.333. The number of thiocarbonyl (C=S) groups is 1. The van der Waals surface area contributed by atoms with Crippen molar-refractivity contribution in [3.63, 3.8) is 0 Å². The van der Waals surface area contributed by atoms with Gasteiger partial charge in [-0.1, -0.05) is 25.1 Å². The van der Waals surface area contributed by atoms with Gasteiger partial charge in [0.05, 0.1) is 6.61 Å². The van der Waals surface area contributed by atoms with Crippen molar-refractivity contribution < 1.29 is 9.53 Å². The molecular weight excluding hydrogens is 272 g/mol. The SMILES string of the molecule is CCCN1C(=O)C(=Cc2ccccc2OCC)NC1=S. The molecule has 1 aliphatic rings. The van der Waals surface area contributed by atoms with E-state index in [0.717, 1.165) is 17.7 Å². The highest BCUT2D eigenvalue weighted by molar-refractivity contribution is 7.80. The minimum Gasteiger partial charge on any atom is -0.493 e. The Morgan fingerprint density at radius 3 is 2.80 bits per heavy atom. The summed E-state index contributed by atoms with van der Waals surface area (Å²) in [6.45, 7) is 5.17. The topological polar surface area (TPSA) is 41.6 Å². The van der Waals surface area contributed by atoms with E-state index in [1.54, 1.807) is 11.0 Å². The van der Waals surface area contributed by atoms with Gasteiger partial charge in [-0.3, -0.25) is 9.69 Å². The molecule has 0 aromatic heterocycles. The molecule has 1 heterocycles. The van der Waals surface area contributed by atoms with Crippen LogP contribution in [0.25, 0.3) is 6.08 Å². The summed E-state index contributed by atoms with van der Waals surface area (Å²) in [5.41, 5.74) is 1.36. The van der Waals surface area contributed by atoms with E-state index >= 15 is 0 Å². The van der Waals surface area contributed by atoms with Crippen LogP contribution >= 0.6 is 12.2 Å². The van der Waals surface area contributed by atoms with Gasteiger partial charge in [-0.25, -0.2) is 0 Å². The molecule has 0 aliphatic carbocycles. The number of carbonyl (C=O) groups is 1. The van der Waals surface area contributed by atoms with Gasteiger partial charge in [0.15, 0.2) is 5.11 Å². The third kappa shape index (κ3) is 2.99. The minimum absolute atomic E-state index is 0.0804. The molecule has 0 bridgehead atoms. The van der Waals surface area contributed by atoms with Crippen LogP contribution in [0, 0.1) is 0 Å². The minimum atomic E-state index is -0.0804. The van der Waals surface area contributed by atoms with Crippen LogP contribution in [0.1, 0.15) is 25.8 Å². The average molecular weight is 290 g/mol. The number of nitrogens with zero attached hydrogens (tertiary/aromatic N) is 1. The monoisotopic (exact) mass is 290 g/mol. The van der Waals surface area contributed by atoms with Crippen LogP contribution in [0.15, 0.2) is 30.0 Å². The van der Waals surface area contributed by atoms with Crippen LogP contribution in [0.5, 0.6) is 5.75 Å². The van der Waals surface area contributed by atoms with Gasteiger partial charge in [-0.2, -0.15) is 0 Å². The maximum atomic E-state index is 12.2. The summed E-state index contributed by atoms with van der Waals surface area (Å²) >= 11 is 5.18. The summed E-state index contributed by atoms with van der Waals surface area (Å²) in [7, 11) is 0. The standard InChI is InChI=1S/C15H18N2O2S/c1-3-9-17-14(18)12(16-15(17)20)10-11-7-5-6-8-13(11)19-4-2/h5-8,10H,3-4,9H2,1-2H3,(H,16,20). The van der Waals surface area contributed by atoms with E-state index in [1.807, 2.05) is 38.1 Å². The molecule has 2 rings (SSSR count). The molecular formula is C15H18N2O2S. The van der Waals surface area contributed by atoms with Crippen molar-refractivity contribution in [2.45, 2.75) is 20.3 Å². The van der Waals surface area contributed by atoms with Crippen LogP contribution in [0.2, 0.25) is 0 Å². The first-order valence-corrected chi connectivity index (χ1v) is 7.14. The molecule has 1 N–H and O–H groups in total. The number of hydrogen-bond donors (Lipinski definition) is 1. The summed E-state index contributed by atoms with van der Waals surface area (Å²) in [5.74, 6) is 0.681. The third-order valence-electron chi connectivity index (χ3n) is 2.93. The lowest BCUT2D eigenvalue weighted by Crippen LogP contribution is -2.31. The molecule has 0 atom stereocenters. The van der Waals surface area contributed by atoms with Gasteiger partial charge in [0.1, 0.15) is 11.4 Å².